The molecule has 1 aliphatic heterocycles. The molecule has 13 heteroatoms. The molecule has 1 aliphatic rings. The van der Waals surface area contributed by atoms with Crippen LogP contribution in [0.4, 0.5) is 14.7 Å². The van der Waals surface area contributed by atoms with Crippen molar-refractivity contribution in [2.45, 2.75) is 25.2 Å². The Kier molecular flexibility index (Phi) is 7.64. The Labute approximate surface area is 226 Å². The first-order valence-corrected chi connectivity index (χ1v) is 12.2. The van der Waals surface area contributed by atoms with E-state index >= 15 is 0 Å². The van der Waals surface area contributed by atoms with E-state index < -0.39 is 35.6 Å². The number of aromatic amines is 1. The van der Waals surface area contributed by atoms with Crippen LogP contribution in [0.2, 0.25) is 0 Å². The third-order valence-corrected chi connectivity index (χ3v) is 6.46. The molecule has 0 radical (unpaired) electrons. The number of carbonyl (C=O) groups is 2. The first kappa shape index (κ1) is 26.7. The maximum absolute atomic E-state index is 13.8. The summed E-state index contributed by atoms with van der Waals surface area (Å²) in [5.74, 6) is -2.36. The van der Waals surface area contributed by atoms with Gasteiger partial charge in [0.1, 0.15) is 24.1 Å². The highest BCUT2D eigenvalue weighted by atomic mass is 19.2. The number of halogens is 2. The average molecular weight is 551 g/mol. The topological polar surface area (TPSA) is 143 Å². The fourth-order valence-electron chi connectivity index (χ4n) is 4.50. The zero-order valence-electron chi connectivity index (χ0n) is 21.2. The molecule has 40 heavy (non-hydrogen) atoms. The van der Waals surface area contributed by atoms with E-state index in [4.69, 9.17) is 9.47 Å². The number of aromatic nitrogens is 4. The number of carbonyl (C=O) groups excluding carboxylic acids is 2. The summed E-state index contributed by atoms with van der Waals surface area (Å²) in [4.78, 5) is 27.3. The number of benzene rings is 3. The van der Waals surface area contributed by atoms with Crippen molar-refractivity contribution in [3.8, 4) is 22.6 Å². The van der Waals surface area contributed by atoms with E-state index in [0.717, 1.165) is 12.1 Å². The lowest BCUT2D eigenvalue weighted by atomic mass is 10.0. The quantitative estimate of drug-likeness (QED) is 0.304. The molecule has 1 aromatic heterocycles. The van der Waals surface area contributed by atoms with Crippen LogP contribution >= 0.6 is 0 Å². The van der Waals surface area contributed by atoms with Crippen molar-refractivity contribution in [1.82, 2.24) is 25.5 Å². The number of ether oxygens (including phenoxy) is 2. The Morgan fingerprint density at radius 2 is 1.90 bits per heavy atom. The zero-order valence-corrected chi connectivity index (χ0v) is 21.2. The summed E-state index contributed by atoms with van der Waals surface area (Å²) in [5, 5.41) is 25.7. The van der Waals surface area contributed by atoms with Gasteiger partial charge in [0.2, 0.25) is 0 Å². The van der Waals surface area contributed by atoms with Crippen LogP contribution in [0.25, 0.3) is 11.1 Å². The Balaban J connectivity index is 1.25. The van der Waals surface area contributed by atoms with Gasteiger partial charge in [0, 0.05) is 23.7 Å². The highest BCUT2D eigenvalue weighted by molar-refractivity contribution is 6.01. The predicted molar refractivity (Wildman–Crippen MR) is 137 cm³/mol. The normalized spacial score (nSPS) is 16.6. The SMILES string of the molecule is COc1cc(F)c(F)cc1-c1ccc(OCc2cccc(C(=O)N3CC[C@H](O)[C@H]3C(=O)Nc3nn[nH]n3)c2)cc1. The molecule has 4 aromatic rings. The molecule has 11 nitrogen and oxygen atoms in total. The van der Waals surface area contributed by atoms with Crippen LogP contribution in [0.1, 0.15) is 22.3 Å². The number of hydrogen-bond donors (Lipinski definition) is 3. The molecule has 206 valence electrons. The van der Waals surface area contributed by atoms with Gasteiger partial charge in [-0.25, -0.2) is 8.78 Å². The van der Waals surface area contributed by atoms with Crippen molar-refractivity contribution < 1.29 is 33.0 Å². The highest BCUT2D eigenvalue weighted by Crippen LogP contribution is 2.33. The monoisotopic (exact) mass is 550 g/mol. The van der Waals surface area contributed by atoms with Gasteiger partial charge in [0.05, 0.1) is 13.2 Å². The van der Waals surface area contributed by atoms with Crippen LogP contribution in [0.3, 0.4) is 0 Å². The van der Waals surface area contributed by atoms with E-state index in [-0.39, 0.29) is 31.3 Å². The second kappa shape index (κ2) is 11.5. The molecule has 0 saturated carbocycles. The Bertz CT molecular complexity index is 1520. The first-order valence-electron chi connectivity index (χ1n) is 12.2. The lowest BCUT2D eigenvalue weighted by Gasteiger charge is -2.25. The number of nitrogens with zero attached hydrogens (tertiary/aromatic N) is 4. The molecule has 2 heterocycles. The van der Waals surface area contributed by atoms with Crippen molar-refractivity contribution in [2.75, 3.05) is 19.0 Å². The number of amides is 2. The fourth-order valence-corrected chi connectivity index (χ4v) is 4.50. The average Bonchev–Trinajstić information content (AvgIpc) is 3.62. The minimum Gasteiger partial charge on any atom is -0.496 e. The second-order valence-corrected chi connectivity index (χ2v) is 9.00. The van der Waals surface area contributed by atoms with Crippen LogP contribution < -0.4 is 14.8 Å². The summed E-state index contributed by atoms with van der Waals surface area (Å²) in [6.07, 6.45) is -0.803. The van der Waals surface area contributed by atoms with E-state index in [1.54, 1.807) is 48.5 Å². The van der Waals surface area contributed by atoms with Crippen molar-refractivity contribution in [3.63, 3.8) is 0 Å². The molecule has 5 rings (SSSR count). The zero-order chi connectivity index (χ0) is 28.2. The molecule has 2 atom stereocenters. The van der Waals surface area contributed by atoms with Gasteiger partial charge in [-0.3, -0.25) is 14.9 Å². The molecule has 3 aromatic carbocycles. The van der Waals surface area contributed by atoms with Gasteiger partial charge in [0.15, 0.2) is 11.6 Å². The summed E-state index contributed by atoms with van der Waals surface area (Å²) in [6.45, 7) is 0.333. The Hall–Kier alpha value is -4.91. The molecule has 2 amide bonds. The van der Waals surface area contributed by atoms with E-state index in [1.807, 2.05) is 0 Å². The number of rotatable bonds is 8. The number of methoxy groups -OCH3 is 1. The van der Waals surface area contributed by atoms with Crippen LogP contribution in [-0.4, -0.2) is 68.2 Å². The standard InChI is InChI=1S/C27H24F2N6O5/c1-39-23-13-21(29)20(28)12-19(23)16-5-7-18(8-6-16)40-14-15-3-2-4-17(11-15)26(38)35-10-9-22(36)24(35)25(37)30-27-31-33-34-32-27/h2-8,11-13,22,24,36H,9-10,14H2,1H3,(H2,30,31,32,33,34,37)/t22-,24-/m0/s1. The van der Waals surface area contributed by atoms with Gasteiger partial charge in [-0.05, 0) is 53.1 Å². The smallest absolute Gasteiger partial charge is 0.269 e. The van der Waals surface area contributed by atoms with E-state index in [9.17, 15) is 23.5 Å². The van der Waals surface area contributed by atoms with Gasteiger partial charge >= 0.3 is 0 Å². The van der Waals surface area contributed by atoms with Crippen molar-refractivity contribution >= 4 is 17.8 Å². The molecule has 0 unspecified atom stereocenters. The number of aliphatic hydroxyl groups excluding tert-OH is 1. The number of aliphatic hydroxyl groups is 1. The van der Waals surface area contributed by atoms with Crippen molar-refractivity contribution in [3.05, 3.63) is 83.4 Å². The molecule has 0 aliphatic carbocycles. The number of tetrazole rings is 1. The summed E-state index contributed by atoms with van der Waals surface area (Å²) >= 11 is 0. The molecular weight excluding hydrogens is 526 g/mol. The summed E-state index contributed by atoms with van der Waals surface area (Å²) in [5.41, 5.74) is 2.04. The minimum atomic E-state index is -1.11. The van der Waals surface area contributed by atoms with Gasteiger partial charge in [0.25, 0.3) is 17.8 Å². The first-order chi connectivity index (χ1) is 19.3. The highest BCUT2D eigenvalue weighted by Gasteiger charge is 2.41. The van der Waals surface area contributed by atoms with Crippen LogP contribution in [0, 0.1) is 11.6 Å². The van der Waals surface area contributed by atoms with Gasteiger partial charge < -0.3 is 19.5 Å². The lowest BCUT2D eigenvalue weighted by Crippen LogP contribution is -2.47. The van der Waals surface area contributed by atoms with E-state index in [0.29, 0.717) is 28.0 Å². The fraction of sp³-hybridized carbons (Fsp3) is 0.222. The van der Waals surface area contributed by atoms with Crippen LogP contribution in [0.15, 0.2) is 60.7 Å². The van der Waals surface area contributed by atoms with Crippen molar-refractivity contribution in [2.24, 2.45) is 0 Å². The predicted octanol–water partition coefficient (Wildman–Crippen LogP) is 2.95. The maximum atomic E-state index is 13.8. The summed E-state index contributed by atoms with van der Waals surface area (Å²) < 4.78 is 38.4. The third-order valence-electron chi connectivity index (χ3n) is 6.46. The van der Waals surface area contributed by atoms with E-state index in [2.05, 4.69) is 25.9 Å². The minimum absolute atomic E-state index is 0.0624. The number of hydrogen-bond acceptors (Lipinski definition) is 8. The van der Waals surface area contributed by atoms with Gasteiger partial charge in [-0.2, -0.15) is 5.21 Å². The number of anilines is 1. The molecule has 3 N–H and O–H groups in total. The van der Waals surface area contributed by atoms with Gasteiger partial charge in [-0.15, -0.1) is 5.10 Å². The van der Waals surface area contributed by atoms with Gasteiger partial charge in [-0.1, -0.05) is 29.4 Å². The van der Waals surface area contributed by atoms with Crippen LogP contribution in [-0.2, 0) is 11.4 Å². The maximum Gasteiger partial charge on any atom is 0.269 e. The molecule has 0 spiro atoms. The van der Waals surface area contributed by atoms with Crippen molar-refractivity contribution in [1.29, 1.82) is 0 Å². The third kappa shape index (κ3) is 5.59. The second-order valence-electron chi connectivity index (χ2n) is 9.00. The molecule has 1 saturated heterocycles. The van der Waals surface area contributed by atoms with E-state index in [1.165, 1.54) is 12.0 Å². The lowest BCUT2D eigenvalue weighted by molar-refractivity contribution is -0.122. The molecule has 1 fully saturated rings. The number of nitrogens with one attached hydrogen (secondary N) is 2. The molecule has 0 bridgehead atoms. The number of likely N-dealkylation sites (tertiary alicyclic amines) is 1. The Morgan fingerprint density at radius 1 is 1.12 bits per heavy atom. The summed E-state index contributed by atoms with van der Waals surface area (Å²) in [7, 11) is 1.38. The Morgan fingerprint density at radius 3 is 2.62 bits per heavy atom. The molecular formula is C27H24F2N6O5. The summed E-state index contributed by atoms with van der Waals surface area (Å²) in [6, 6.07) is 14.5. The van der Waals surface area contributed by atoms with Crippen LogP contribution in [0.5, 0.6) is 11.5 Å². The largest absolute Gasteiger partial charge is 0.496 e. The number of H-pyrrole nitrogens is 1.